The number of carboxylic acids is 1. The van der Waals surface area contributed by atoms with Crippen LogP contribution < -0.4 is 16.0 Å². The van der Waals surface area contributed by atoms with Crippen LogP contribution in [0.1, 0.15) is 26.7 Å². The predicted molar refractivity (Wildman–Crippen MR) is 99.2 cm³/mol. The van der Waals surface area contributed by atoms with E-state index in [0.29, 0.717) is 19.0 Å². The van der Waals surface area contributed by atoms with E-state index < -0.39 is 23.3 Å². The zero-order valence-corrected chi connectivity index (χ0v) is 16.9. The smallest absolute Gasteiger partial charge is 0.475 e. The minimum absolute atomic E-state index is 0.0743. The third-order valence-electron chi connectivity index (χ3n) is 5.28. The van der Waals surface area contributed by atoms with Gasteiger partial charge in [-0.15, -0.1) is 5.10 Å². The van der Waals surface area contributed by atoms with Gasteiger partial charge in [-0.3, -0.25) is 14.2 Å². The SMILES string of the molecule is CC(C)Cn1nc2n(c(=O)c1=O)CC1(CCN(C)CC1)N2C.O=C(O)C(F)(F)F. The van der Waals surface area contributed by atoms with Crippen LogP contribution in [0.15, 0.2) is 9.59 Å². The van der Waals surface area contributed by atoms with Crippen LogP contribution in [-0.2, 0) is 17.9 Å². The molecule has 0 aromatic carbocycles. The number of rotatable bonds is 2. The number of fused-ring (bicyclic) bond motifs is 1. The van der Waals surface area contributed by atoms with E-state index in [2.05, 4.69) is 21.9 Å². The number of piperidine rings is 1. The largest absolute Gasteiger partial charge is 0.490 e. The van der Waals surface area contributed by atoms with E-state index in [1.54, 1.807) is 4.57 Å². The summed E-state index contributed by atoms with van der Waals surface area (Å²) < 4.78 is 34.6. The van der Waals surface area contributed by atoms with Gasteiger partial charge >= 0.3 is 23.3 Å². The van der Waals surface area contributed by atoms with Gasteiger partial charge in [0.05, 0.1) is 12.1 Å². The Labute approximate surface area is 165 Å². The fraction of sp³-hybridized carbons (Fsp3) is 0.765. The lowest BCUT2D eigenvalue weighted by molar-refractivity contribution is -0.192. The standard InChI is InChI=1S/C15H25N5O2.C2HF3O2/c1-11(2)9-20-13(22)12(21)19-10-15(18(4)14(19)16-20)5-7-17(3)8-6-15;3-2(4,5)1(6)7/h11H,5-10H2,1-4H3;(H,6,7). The van der Waals surface area contributed by atoms with Gasteiger partial charge in [0.1, 0.15) is 0 Å². The molecule has 1 fully saturated rings. The zero-order valence-electron chi connectivity index (χ0n) is 16.9. The van der Waals surface area contributed by atoms with Gasteiger partial charge in [-0.25, -0.2) is 9.48 Å². The minimum atomic E-state index is -5.08. The fourth-order valence-corrected chi connectivity index (χ4v) is 3.53. The van der Waals surface area contributed by atoms with Crippen LogP contribution in [-0.4, -0.2) is 69.2 Å². The van der Waals surface area contributed by atoms with Crippen molar-refractivity contribution >= 4 is 11.9 Å². The van der Waals surface area contributed by atoms with E-state index in [9.17, 15) is 22.8 Å². The number of anilines is 1. The van der Waals surface area contributed by atoms with Gasteiger partial charge in [0.2, 0.25) is 5.95 Å². The summed E-state index contributed by atoms with van der Waals surface area (Å²) in [6, 6.07) is 0. The van der Waals surface area contributed by atoms with Crippen molar-refractivity contribution in [2.24, 2.45) is 5.92 Å². The number of carboxylic acid groups (broad SMARTS) is 1. The van der Waals surface area contributed by atoms with Crippen molar-refractivity contribution in [3.63, 3.8) is 0 Å². The maximum atomic E-state index is 12.5. The van der Waals surface area contributed by atoms with Crippen molar-refractivity contribution in [2.75, 3.05) is 32.1 Å². The molecular weight excluding hydrogens is 395 g/mol. The number of hydrogen-bond donors (Lipinski definition) is 1. The van der Waals surface area contributed by atoms with Gasteiger partial charge in [0, 0.05) is 26.7 Å². The Morgan fingerprint density at radius 3 is 2.14 bits per heavy atom. The molecule has 2 aliphatic heterocycles. The Morgan fingerprint density at radius 2 is 1.69 bits per heavy atom. The van der Waals surface area contributed by atoms with Gasteiger partial charge in [0.25, 0.3) is 0 Å². The summed E-state index contributed by atoms with van der Waals surface area (Å²) in [4.78, 5) is 38.0. The van der Waals surface area contributed by atoms with Crippen LogP contribution in [0, 0.1) is 5.92 Å². The first-order valence-electron chi connectivity index (χ1n) is 9.23. The second-order valence-corrected chi connectivity index (χ2v) is 7.96. The van der Waals surface area contributed by atoms with Gasteiger partial charge in [-0.05, 0) is 25.8 Å². The highest BCUT2D eigenvalue weighted by Crippen LogP contribution is 2.36. The molecule has 9 nitrogen and oxygen atoms in total. The molecule has 12 heteroatoms. The molecule has 29 heavy (non-hydrogen) atoms. The molecule has 0 bridgehead atoms. The minimum Gasteiger partial charge on any atom is -0.475 e. The maximum Gasteiger partial charge on any atom is 0.490 e. The Hall–Kier alpha value is -2.37. The topological polar surface area (TPSA) is 101 Å². The molecular formula is C17H26F3N5O4. The summed E-state index contributed by atoms with van der Waals surface area (Å²) in [5.74, 6) is -1.85. The van der Waals surface area contributed by atoms with Crippen LogP contribution in [0.3, 0.4) is 0 Å². The molecule has 0 atom stereocenters. The quantitative estimate of drug-likeness (QED) is 0.699. The summed E-state index contributed by atoms with van der Waals surface area (Å²) in [7, 11) is 4.12. The molecule has 0 unspecified atom stereocenters. The van der Waals surface area contributed by atoms with E-state index in [4.69, 9.17) is 9.90 Å². The number of aromatic nitrogens is 3. The number of halogens is 3. The number of carbonyl (C=O) groups is 1. The van der Waals surface area contributed by atoms with Crippen LogP contribution in [0.5, 0.6) is 0 Å². The highest BCUT2D eigenvalue weighted by atomic mass is 19.4. The maximum absolute atomic E-state index is 12.5. The lowest BCUT2D eigenvalue weighted by atomic mass is 9.87. The summed E-state index contributed by atoms with van der Waals surface area (Å²) in [5.41, 5.74) is -1.01. The Balaban J connectivity index is 0.000000370. The molecule has 2 aliphatic rings. The normalized spacial score (nSPS) is 18.6. The molecule has 3 heterocycles. The highest BCUT2D eigenvalue weighted by Gasteiger charge is 2.45. The summed E-state index contributed by atoms with van der Waals surface area (Å²) >= 11 is 0. The highest BCUT2D eigenvalue weighted by molar-refractivity contribution is 5.73. The van der Waals surface area contributed by atoms with Gasteiger partial charge in [-0.2, -0.15) is 13.2 Å². The predicted octanol–water partition coefficient (Wildman–Crippen LogP) is 0.608. The molecule has 3 rings (SSSR count). The van der Waals surface area contributed by atoms with Crippen molar-refractivity contribution in [1.82, 2.24) is 19.2 Å². The van der Waals surface area contributed by atoms with Crippen molar-refractivity contribution in [1.29, 1.82) is 0 Å². The van der Waals surface area contributed by atoms with Crippen LogP contribution in [0.2, 0.25) is 0 Å². The first-order valence-corrected chi connectivity index (χ1v) is 9.23. The van der Waals surface area contributed by atoms with E-state index in [0.717, 1.165) is 25.9 Å². The Bertz CT molecular complexity index is 869. The third-order valence-corrected chi connectivity index (χ3v) is 5.28. The molecule has 1 N–H and O–H groups in total. The van der Waals surface area contributed by atoms with E-state index in [-0.39, 0.29) is 11.5 Å². The number of nitrogens with zero attached hydrogens (tertiary/aromatic N) is 5. The van der Waals surface area contributed by atoms with Gasteiger partial charge in [-0.1, -0.05) is 13.8 Å². The van der Waals surface area contributed by atoms with Gasteiger partial charge < -0.3 is 14.9 Å². The van der Waals surface area contributed by atoms with Crippen LogP contribution >= 0.6 is 0 Å². The van der Waals surface area contributed by atoms with E-state index in [1.807, 2.05) is 20.9 Å². The molecule has 1 aromatic rings. The number of hydrogen-bond acceptors (Lipinski definition) is 6. The van der Waals surface area contributed by atoms with Gasteiger partial charge in [0.15, 0.2) is 0 Å². The zero-order chi connectivity index (χ0) is 22.1. The molecule has 1 aromatic heterocycles. The van der Waals surface area contributed by atoms with Crippen molar-refractivity contribution in [3.8, 4) is 0 Å². The number of alkyl halides is 3. The third kappa shape index (κ3) is 4.80. The number of aliphatic carboxylic acids is 1. The Morgan fingerprint density at radius 1 is 1.17 bits per heavy atom. The Kier molecular flexibility index (Phi) is 6.45. The molecule has 1 saturated heterocycles. The van der Waals surface area contributed by atoms with E-state index in [1.165, 1.54) is 4.68 Å². The lowest BCUT2D eigenvalue weighted by Gasteiger charge is -2.42. The van der Waals surface area contributed by atoms with Crippen LogP contribution in [0.4, 0.5) is 19.1 Å². The average molecular weight is 421 g/mol. The first kappa shape index (κ1) is 22.9. The summed E-state index contributed by atoms with van der Waals surface area (Å²) in [6.45, 7) is 7.09. The molecule has 1 spiro atoms. The number of likely N-dealkylation sites (tertiary alicyclic amines) is 1. The summed E-state index contributed by atoms with van der Waals surface area (Å²) in [5, 5.41) is 11.6. The van der Waals surface area contributed by atoms with Crippen molar-refractivity contribution in [2.45, 2.75) is 51.5 Å². The monoisotopic (exact) mass is 421 g/mol. The van der Waals surface area contributed by atoms with Crippen LogP contribution in [0.25, 0.3) is 0 Å². The second-order valence-electron chi connectivity index (χ2n) is 7.96. The second kappa shape index (κ2) is 8.17. The van der Waals surface area contributed by atoms with Crippen molar-refractivity contribution < 1.29 is 23.1 Å². The molecule has 0 saturated carbocycles. The molecule has 0 amide bonds. The molecule has 164 valence electrons. The van der Waals surface area contributed by atoms with Crippen molar-refractivity contribution in [3.05, 3.63) is 20.7 Å². The fourth-order valence-electron chi connectivity index (χ4n) is 3.53. The number of likely N-dealkylation sites (N-methyl/N-ethyl adjacent to an activating group) is 1. The van der Waals surface area contributed by atoms with E-state index >= 15 is 0 Å². The first-order chi connectivity index (χ1) is 13.3. The molecule has 0 radical (unpaired) electrons. The molecule has 0 aliphatic carbocycles. The lowest BCUT2D eigenvalue weighted by Crippen LogP contribution is -2.52. The summed E-state index contributed by atoms with van der Waals surface area (Å²) in [6.07, 6.45) is -3.11. The average Bonchev–Trinajstić information content (AvgIpc) is 2.88.